The normalized spacial score (nSPS) is 11.1. The number of hydrogen-bond donors (Lipinski definition) is 1. The molecule has 1 aromatic carbocycles. The van der Waals surface area contributed by atoms with Gasteiger partial charge in [-0.3, -0.25) is 9.78 Å². The number of benzene rings is 1. The van der Waals surface area contributed by atoms with Gasteiger partial charge in [-0.2, -0.15) is 0 Å². The average Bonchev–Trinajstić information content (AvgIpc) is 2.47. The minimum absolute atomic E-state index is 0.0958. The highest BCUT2D eigenvalue weighted by molar-refractivity contribution is 8.13. The third-order valence-corrected chi connectivity index (χ3v) is 4.12. The maximum Gasteiger partial charge on any atom is 0.261 e. The fraction of sp³-hybridized carbons (Fsp3) is 0.143. The Hall–Kier alpha value is -1.92. The van der Waals surface area contributed by atoms with Crippen LogP contribution in [0.25, 0.3) is 0 Å². The molecule has 2 rings (SSSR count). The molecule has 1 aromatic heterocycles. The van der Waals surface area contributed by atoms with Crippen LogP contribution in [-0.4, -0.2) is 25.9 Å². The Kier molecular flexibility index (Phi) is 4.93. The van der Waals surface area contributed by atoms with Crippen LogP contribution in [0.4, 0.5) is 0 Å². The molecule has 1 N–H and O–H groups in total. The molecule has 0 aliphatic rings. The van der Waals surface area contributed by atoms with Gasteiger partial charge >= 0.3 is 0 Å². The van der Waals surface area contributed by atoms with Crippen LogP contribution in [0.15, 0.2) is 53.6 Å². The lowest BCUT2D eigenvalue weighted by Gasteiger charge is -2.06. The van der Waals surface area contributed by atoms with Crippen molar-refractivity contribution in [3.8, 4) is 0 Å². The minimum atomic E-state index is -3.84. The predicted octanol–water partition coefficient (Wildman–Crippen LogP) is 1.98. The highest BCUT2D eigenvalue weighted by Crippen LogP contribution is 2.16. The van der Waals surface area contributed by atoms with Crippen LogP contribution >= 0.6 is 10.7 Å². The van der Waals surface area contributed by atoms with Crippen LogP contribution in [0, 0.1) is 0 Å². The maximum atomic E-state index is 11.9. The largest absolute Gasteiger partial charge is 0.352 e. The summed E-state index contributed by atoms with van der Waals surface area (Å²) in [5.74, 6) is -0.354. The van der Waals surface area contributed by atoms with Crippen LogP contribution in [0.5, 0.6) is 0 Å². The first-order valence-corrected chi connectivity index (χ1v) is 8.50. The molecule has 0 aliphatic carbocycles. The van der Waals surface area contributed by atoms with E-state index in [1.54, 1.807) is 6.20 Å². The molecule has 0 spiro atoms. The molecular weight excluding hydrogens is 312 g/mol. The Morgan fingerprint density at radius 3 is 2.67 bits per heavy atom. The number of rotatable bonds is 5. The van der Waals surface area contributed by atoms with E-state index in [2.05, 4.69) is 10.3 Å². The van der Waals surface area contributed by atoms with Gasteiger partial charge in [0, 0.05) is 41.1 Å². The van der Waals surface area contributed by atoms with E-state index in [0.717, 1.165) is 5.69 Å². The van der Waals surface area contributed by atoms with Crippen molar-refractivity contribution in [2.75, 3.05) is 6.54 Å². The van der Waals surface area contributed by atoms with Gasteiger partial charge in [0.05, 0.1) is 4.90 Å². The lowest BCUT2D eigenvalue weighted by atomic mass is 10.2. The minimum Gasteiger partial charge on any atom is -0.352 e. The van der Waals surface area contributed by atoms with E-state index in [4.69, 9.17) is 10.7 Å². The molecule has 5 nitrogen and oxygen atoms in total. The predicted molar refractivity (Wildman–Crippen MR) is 79.8 cm³/mol. The smallest absolute Gasteiger partial charge is 0.261 e. The van der Waals surface area contributed by atoms with Crippen molar-refractivity contribution in [3.05, 3.63) is 59.9 Å². The zero-order chi connectivity index (χ0) is 15.3. The van der Waals surface area contributed by atoms with E-state index in [-0.39, 0.29) is 16.4 Å². The summed E-state index contributed by atoms with van der Waals surface area (Å²) >= 11 is 0. The van der Waals surface area contributed by atoms with E-state index in [1.807, 2.05) is 18.2 Å². The van der Waals surface area contributed by atoms with Crippen molar-refractivity contribution in [3.63, 3.8) is 0 Å². The third kappa shape index (κ3) is 4.54. The first-order valence-electron chi connectivity index (χ1n) is 6.19. The lowest BCUT2D eigenvalue weighted by molar-refractivity contribution is 0.0954. The average molecular weight is 325 g/mol. The van der Waals surface area contributed by atoms with E-state index < -0.39 is 9.05 Å². The van der Waals surface area contributed by atoms with Crippen LogP contribution in [0.1, 0.15) is 16.1 Å². The number of pyridine rings is 1. The van der Waals surface area contributed by atoms with Crippen molar-refractivity contribution in [1.82, 2.24) is 10.3 Å². The third-order valence-electron chi connectivity index (χ3n) is 2.77. The molecule has 21 heavy (non-hydrogen) atoms. The highest BCUT2D eigenvalue weighted by atomic mass is 35.7. The highest BCUT2D eigenvalue weighted by Gasteiger charge is 2.13. The topological polar surface area (TPSA) is 76.1 Å². The molecule has 0 fully saturated rings. The van der Waals surface area contributed by atoms with Crippen molar-refractivity contribution in [2.24, 2.45) is 0 Å². The standard InChI is InChI=1S/C14H13ClN2O3S/c15-21(19,20)13-6-3-4-11(10-13)14(18)17-9-7-12-5-1-2-8-16-12/h1-6,8,10H,7,9H2,(H,17,18). The molecule has 1 heterocycles. The van der Waals surface area contributed by atoms with Gasteiger partial charge in [0.25, 0.3) is 15.0 Å². The molecule has 0 radical (unpaired) electrons. The summed E-state index contributed by atoms with van der Waals surface area (Å²) in [5.41, 5.74) is 1.12. The first-order chi connectivity index (χ1) is 9.97. The van der Waals surface area contributed by atoms with Crippen LogP contribution in [0.2, 0.25) is 0 Å². The fourth-order valence-electron chi connectivity index (χ4n) is 1.74. The second kappa shape index (κ2) is 6.69. The number of halogens is 1. The SMILES string of the molecule is O=C(NCCc1ccccn1)c1cccc(S(=O)(=O)Cl)c1. The zero-order valence-corrected chi connectivity index (χ0v) is 12.6. The van der Waals surface area contributed by atoms with Crippen molar-refractivity contribution in [1.29, 1.82) is 0 Å². The molecule has 0 atom stereocenters. The van der Waals surface area contributed by atoms with Crippen molar-refractivity contribution in [2.45, 2.75) is 11.3 Å². The molecule has 0 saturated carbocycles. The molecule has 7 heteroatoms. The van der Waals surface area contributed by atoms with Crippen molar-refractivity contribution < 1.29 is 13.2 Å². The fourth-order valence-corrected chi connectivity index (χ4v) is 2.54. The van der Waals surface area contributed by atoms with Gasteiger partial charge in [0.2, 0.25) is 0 Å². The quantitative estimate of drug-likeness (QED) is 0.853. The summed E-state index contributed by atoms with van der Waals surface area (Å²) in [6, 6.07) is 11.2. The van der Waals surface area contributed by atoms with Gasteiger partial charge in [0.15, 0.2) is 0 Å². The Balaban J connectivity index is 1.98. The Labute approximate surface area is 127 Å². The summed E-state index contributed by atoms with van der Waals surface area (Å²) in [7, 11) is 1.41. The molecule has 0 aliphatic heterocycles. The van der Waals surface area contributed by atoms with Gasteiger partial charge in [-0.05, 0) is 30.3 Å². The van der Waals surface area contributed by atoms with Gasteiger partial charge in [0.1, 0.15) is 0 Å². The van der Waals surface area contributed by atoms with Gasteiger partial charge in [-0.15, -0.1) is 0 Å². The van der Waals surface area contributed by atoms with Crippen LogP contribution in [0.3, 0.4) is 0 Å². The zero-order valence-electron chi connectivity index (χ0n) is 11.0. The Bertz CT molecular complexity index is 733. The van der Waals surface area contributed by atoms with Crippen molar-refractivity contribution >= 4 is 25.6 Å². The number of amides is 1. The molecule has 2 aromatic rings. The lowest BCUT2D eigenvalue weighted by Crippen LogP contribution is -2.26. The second-order valence-electron chi connectivity index (χ2n) is 4.29. The van der Waals surface area contributed by atoms with E-state index in [1.165, 1.54) is 24.3 Å². The number of aromatic nitrogens is 1. The van der Waals surface area contributed by atoms with E-state index >= 15 is 0 Å². The van der Waals surface area contributed by atoms with Gasteiger partial charge < -0.3 is 5.32 Å². The number of nitrogens with zero attached hydrogens (tertiary/aromatic N) is 1. The van der Waals surface area contributed by atoms with Crippen LogP contribution in [-0.2, 0) is 15.5 Å². The number of nitrogens with one attached hydrogen (secondary N) is 1. The first kappa shape index (κ1) is 15.5. The molecule has 0 bridgehead atoms. The Morgan fingerprint density at radius 1 is 1.19 bits per heavy atom. The summed E-state index contributed by atoms with van der Waals surface area (Å²) in [4.78, 5) is 16.0. The summed E-state index contributed by atoms with van der Waals surface area (Å²) in [6.45, 7) is 0.410. The van der Waals surface area contributed by atoms with Gasteiger partial charge in [-0.1, -0.05) is 12.1 Å². The second-order valence-corrected chi connectivity index (χ2v) is 6.86. The van der Waals surface area contributed by atoms with Crippen LogP contribution < -0.4 is 5.32 Å². The maximum absolute atomic E-state index is 11.9. The molecule has 1 amide bonds. The molecular formula is C14H13ClN2O3S. The molecule has 110 valence electrons. The summed E-state index contributed by atoms with van der Waals surface area (Å²) in [6.07, 6.45) is 2.28. The molecule has 0 saturated heterocycles. The van der Waals surface area contributed by atoms with E-state index in [0.29, 0.717) is 13.0 Å². The number of carbonyl (C=O) groups excluding carboxylic acids is 1. The summed E-state index contributed by atoms with van der Waals surface area (Å²) < 4.78 is 22.5. The number of hydrogen-bond acceptors (Lipinski definition) is 4. The summed E-state index contributed by atoms with van der Waals surface area (Å²) in [5, 5.41) is 2.71. The number of carbonyl (C=O) groups is 1. The Morgan fingerprint density at radius 2 is 2.00 bits per heavy atom. The van der Waals surface area contributed by atoms with E-state index in [9.17, 15) is 13.2 Å². The monoisotopic (exact) mass is 324 g/mol. The molecule has 0 unspecified atom stereocenters. The van der Waals surface area contributed by atoms with Gasteiger partial charge in [-0.25, -0.2) is 8.42 Å².